The molecule has 2 N–H and O–H groups in total. The molecule has 0 saturated carbocycles. The van der Waals surface area contributed by atoms with E-state index in [1.165, 1.54) is 0 Å². The molecule has 0 unspecified atom stereocenters. The maximum Gasteiger partial charge on any atom is 0.415 e. The third kappa shape index (κ3) is 6.10. The van der Waals surface area contributed by atoms with Crippen LogP contribution in [0.15, 0.2) is 115 Å². The lowest BCUT2D eigenvalue weighted by Gasteiger charge is -2.23. The number of nitrogens with one attached hydrogen (secondary N) is 2. The van der Waals surface area contributed by atoms with Crippen LogP contribution in [0.4, 0.5) is 4.79 Å². The lowest BCUT2D eigenvalue weighted by molar-refractivity contribution is 0.0950. The van der Waals surface area contributed by atoms with Crippen LogP contribution in [0, 0.1) is 0 Å². The summed E-state index contributed by atoms with van der Waals surface area (Å²) in [6, 6.07) is 34.5. The van der Waals surface area contributed by atoms with Crippen LogP contribution in [-0.2, 0) is 19.5 Å². The van der Waals surface area contributed by atoms with E-state index < -0.39 is 6.09 Å². The molecule has 0 bridgehead atoms. The number of amides is 2. The Labute approximate surface area is 221 Å². The van der Waals surface area contributed by atoms with Crippen LogP contribution in [0.2, 0.25) is 0 Å². The van der Waals surface area contributed by atoms with Gasteiger partial charge in [0.2, 0.25) is 0 Å². The molecule has 0 saturated heterocycles. The zero-order chi connectivity index (χ0) is 26.2. The van der Waals surface area contributed by atoms with Crippen LogP contribution >= 0.6 is 0 Å². The molecule has 1 heterocycles. The van der Waals surface area contributed by atoms with Gasteiger partial charge in [0.05, 0.1) is 5.56 Å². The van der Waals surface area contributed by atoms with Gasteiger partial charge >= 0.3 is 6.09 Å². The summed E-state index contributed by atoms with van der Waals surface area (Å²) >= 11 is 0. The number of carbonyl (C=O) groups is 2. The van der Waals surface area contributed by atoms with Crippen LogP contribution in [0.1, 0.15) is 27.0 Å². The van der Waals surface area contributed by atoms with E-state index in [0.717, 1.165) is 27.6 Å². The maximum absolute atomic E-state index is 13.4. The molecule has 0 spiro atoms. The lowest BCUT2D eigenvalue weighted by Crippen LogP contribution is -2.33. The Hall–Kier alpha value is -4.84. The fraction of sp³-hybridized carbons (Fsp3) is 0.125. The van der Waals surface area contributed by atoms with Crippen molar-refractivity contribution in [2.24, 2.45) is 0 Å². The average molecular weight is 504 g/mol. The summed E-state index contributed by atoms with van der Waals surface area (Å²) in [6.07, 6.45) is 2.14. The number of H-pyrrole nitrogens is 1. The molecule has 0 aliphatic rings. The number of rotatable bonds is 9. The standard InChI is InChI=1S/C32H29N3O3/c36-31(33-20-19-26-21-34-29-17-9-7-15-27(26)29)28-16-8-10-18-30(28)38-32(37)35(22-24-11-3-1-4-12-24)23-25-13-5-2-6-14-25/h1-18,21,34H,19-20,22-23H2,(H,33,36). The number of aromatic amines is 1. The highest BCUT2D eigenvalue weighted by Crippen LogP contribution is 2.21. The Kier molecular flexibility index (Phi) is 7.80. The predicted molar refractivity (Wildman–Crippen MR) is 149 cm³/mol. The molecule has 4 aromatic carbocycles. The number of hydrogen-bond donors (Lipinski definition) is 2. The van der Waals surface area contributed by atoms with Gasteiger partial charge in [-0.3, -0.25) is 9.69 Å². The first kappa shape index (κ1) is 24.8. The molecule has 0 radical (unpaired) electrons. The van der Waals surface area contributed by atoms with Gasteiger partial charge in [0.25, 0.3) is 5.91 Å². The fourth-order valence-corrected chi connectivity index (χ4v) is 4.44. The molecule has 5 aromatic rings. The second-order valence-electron chi connectivity index (χ2n) is 9.06. The van der Waals surface area contributed by atoms with Crippen LogP contribution in [0.5, 0.6) is 5.75 Å². The number of ether oxygens (including phenoxy) is 1. The van der Waals surface area contributed by atoms with Crippen molar-refractivity contribution < 1.29 is 14.3 Å². The van der Waals surface area contributed by atoms with E-state index in [4.69, 9.17) is 4.74 Å². The minimum Gasteiger partial charge on any atom is -0.409 e. The smallest absolute Gasteiger partial charge is 0.409 e. The topological polar surface area (TPSA) is 74.4 Å². The molecule has 6 heteroatoms. The van der Waals surface area contributed by atoms with Crippen LogP contribution in [-0.4, -0.2) is 28.4 Å². The molecule has 6 nitrogen and oxygen atoms in total. The molecule has 2 amide bonds. The summed E-state index contributed by atoms with van der Waals surface area (Å²) in [4.78, 5) is 31.3. The van der Waals surface area contributed by atoms with Gasteiger partial charge in [-0.1, -0.05) is 91.0 Å². The number of para-hydroxylation sites is 2. The van der Waals surface area contributed by atoms with Crippen molar-refractivity contribution in [3.05, 3.63) is 138 Å². The molecule has 0 aliphatic heterocycles. The lowest BCUT2D eigenvalue weighted by atomic mass is 10.1. The van der Waals surface area contributed by atoms with E-state index in [0.29, 0.717) is 31.6 Å². The fourth-order valence-electron chi connectivity index (χ4n) is 4.44. The highest BCUT2D eigenvalue weighted by atomic mass is 16.6. The van der Waals surface area contributed by atoms with Gasteiger partial charge in [0.1, 0.15) is 5.75 Å². The molecular formula is C32H29N3O3. The van der Waals surface area contributed by atoms with Gasteiger partial charge in [-0.15, -0.1) is 0 Å². The first-order valence-electron chi connectivity index (χ1n) is 12.6. The van der Waals surface area contributed by atoms with Crippen LogP contribution in [0.3, 0.4) is 0 Å². The van der Waals surface area contributed by atoms with Crippen molar-refractivity contribution >= 4 is 22.9 Å². The quantitative estimate of drug-likeness (QED) is 0.246. The molecule has 0 atom stereocenters. The van der Waals surface area contributed by atoms with Crippen molar-refractivity contribution in [3.8, 4) is 5.75 Å². The van der Waals surface area contributed by atoms with Crippen LogP contribution in [0.25, 0.3) is 10.9 Å². The van der Waals surface area contributed by atoms with E-state index in [1.807, 2.05) is 85.1 Å². The van der Waals surface area contributed by atoms with E-state index in [2.05, 4.69) is 16.4 Å². The molecule has 5 rings (SSSR count). The summed E-state index contributed by atoms with van der Waals surface area (Å²) in [5.74, 6) is -0.0564. The highest BCUT2D eigenvalue weighted by molar-refractivity contribution is 5.97. The molecule has 38 heavy (non-hydrogen) atoms. The molecular weight excluding hydrogens is 474 g/mol. The first-order chi connectivity index (χ1) is 18.7. The minimum absolute atomic E-state index is 0.230. The Morgan fingerprint density at radius 1 is 0.737 bits per heavy atom. The average Bonchev–Trinajstić information content (AvgIpc) is 3.37. The molecule has 0 aliphatic carbocycles. The number of benzene rings is 4. The predicted octanol–water partition coefficient (Wildman–Crippen LogP) is 6.34. The summed E-state index contributed by atoms with van der Waals surface area (Å²) in [7, 11) is 0. The Morgan fingerprint density at radius 3 is 2.05 bits per heavy atom. The Morgan fingerprint density at radius 2 is 1.34 bits per heavy atom. The first-order valence-corrected chi connectivity index (χ1v) is 12.6. The second kappa shape index (κ2) is 11.9. The van der Waals surface area contributed by atoms with E-state index in [1.54, 1.807) is 29.2 Å². The van der Waals surface area contributed by atoms with Crippen LogP contribution < -0.4 is 10.1 Å². The van der Waals surface area contributed by atoms with Gasteiger partial charge in [0, 0.05) is 36.7 Å². The van der Waals surface area contributed by atoms with E-state index in [-0.39, 0.29) is 11.7 Å². The zero-order valence-electron chi connectivity index (χ0n) is 21.0. The largest absolute Gasteiger partial charge is 0.415 e. The molecule has 0 fully saturated rings. The Bertz CT molecular complexity index is 1470. The minimum atomic E-state index is -0.517. The summed E-state index contributed by atoms with van der Waals surface area (Å²) in [6.45, 7) is 1.22. The number of nitrogens with zero attached hydrogens (tertiary/aromatic N) is 1. The van der Waals surface area contributed by atoms with Crippen molar-refractivity contribution in [2.45, 2.75) is 19.5 Å². The zero-order valence-corrected chi connectivity index (χ0v) is 21.0. The SMILES string of the molecule is O=C(NCCc1c[nH]c2ccccc12)c1ccccc1OC(=O)N(Cc1ccccc1)Cc1ccccc1. The maximum atomic E-state index is 13.4. The van der Waals surface area contributed by atoms with Gasteiger partial charge in [0.15, 0.2) is 0 Å². The molecule has 190 valence electrons. The monoisotopic (exact) mass is 503 g/mol. The van der Waals surface area contributed by atoms with Gasteiger partial charge in [-0.05, 0) is 41.3 Å². The summed E-state index contributed by atoms with van der Waals surface area (Å²) < 4.78 is 5.80. The summed E-state index contributed by atoms with van der Waals surface area (Å²) in [5.41, 5.74) is 4.51. The van der Waals surface area contributed by atoms with Crippen molar-refractivity contribution in [3.63, 3.8) is 0 Å². The van der Waals surface area contributed by atoms with Crippen molar-refractivity contribution in [1.29, 1.82) is 0 Å². The van der Waals surface area contributed by atoms with Gasteiger partial charge in [-0.25, -0.2) is 4.79 Å². The highest BCUT2D eigenvalue weighted by Gasteiger charge is 2.20. The summed E-state index contributed by atoms with van der Waals surface area (Å²) in [5, 5.41) is 4.11. The normalized spacial score (nSPS) is 10.7. The van der Waals surface area contributed by atoms with Gasteiger partial charge in [-0.2, -0.15) is 0 Å². The number of hydrogen-bond acceptors (Lipinski definition) is 3. The van der Waals surface area contributed by atoms with Crippen molar-refractivity contribution in [1.82, 2.24) is 15.2 Å². The van der Waals surface area contributed by atoms with E-state index >= 15 is 0 Å². The number of fused-ring (bicyclic) bond motifs is 1. The van der Waals surface area contributed by atoms with Crippen molar-refractivity contribution in [2.75, 3.05) is 6.54 Å². The third-order valence-electron chi connectivity index (χ3n) is 6.37. The number of aromatic nitrogens is 1. The number of carbonyl (C=O) groups excluding carboxylic acids is 2. The van der Waals surface area contributed by atoms with E-state index in [9.17, 15) is 9.59 Å². The van der Waals surface area contributed by atoms with Gasteiger partial charge < -0.3 is 15.0 Å². The Balaban J connectivity index is 1.27. The third-order valence-corrected chi connectivity index (χ3v) is 6.37. The molecule has 1 aromatic heterocycles. The second-order valence-corrected chi connectivity index (χ2v) is 9.06.